The molecule has 0 bridgehead atoms. The lowest BCUT2D eigenvalue weighted by Crippen LogP contribution is -2.36. The summed E-state index contributed by atoms with van der Waals surface area (Å²) in [6.07, 6.45) is 0. The SMILES string of the molecule is CCOCCOc1cc(C)ccc1CNC(=NC)NCc1ccc(F)c(CO)c1.I. The maximum Gasteiger partial charge on any atom is 0.191 e. The smallest absolute Gasteiger partial charge is 0.191 e. The number of rotatable bonds is 10. The van der Waals surface area contributed by atoms with Crippen molar-refractivity contribution in [1.29, 1.82) is 0 Å². The van der Waals surface area contributed by atoms with E-state index >= 15 is 0 Å². The molecule has 0 radical (unpaired) electrons. The standard InChI is InChI=1S/C22H30FN3O3.HI/c1-4-28-9-10-29-21-11-16(2)5-7-18(21)14-26-22(24-3)25-13-17-6-8-20(23)19(12-17)15-27;/h5-8,11-12,27H,4,9-10,13-15H2,1-3H3,(H2,24,25,26);1H. The summed E-state index contributed by atoms with van der Waals surface area (Å²) in [4.78, 5) is 4.22. The Bertz CT molecular complexity index is 818. The zero-order chi connectivity index (χ0) is 21.1. The van der Waals surface area contributed by atoms with Gasteiger partial charge < -0.3 is 25.2 Å². The third-order valence-electron chi connectivity index (χ3n) is 4.32. The Balaban J connectivity index is 0.00000450. The van der Waals surface area contributed by atoms with Crippen LogP contribution in [-0.2, 0) is 24.4 Å². The highest BCUT2D eigenvalue weighted by molar-refractivity contribution is 14.0. The van der Waals surface area contributed by atoms with Crippen LogP contribution in [0, 0.1) is 12.7 Å². The highest BCUT2D eigenvalue weighted by atomic mass is 127. The van der Waals surface area contributed by atoms with Gasteiger partial charge in [-0.3, -0.25) is 4.99 Å². The molecule has 0 amide bonds. The minimum absolute atomic E-state index is 0. The first kappa shape index (κ1) is 26.1. The molecule has 0 fully saturated rings. The second-order valence-corrected chi connectivity index (χ2v) is 6.52. The molecule has 0 atom stereocenters. The molecular formula is C22H31FIN3O3. The highest BCUT2D eigenvalue weighted by Gasteiger charge is 2.07. The zero-order valence-corrected chi connectivity index (χ0v) is 20.0. The van der Waals surface area contributed by atoms with Gasteiger partial charge in [-0.05, 0) is 43.2 Å². The number of nitrogens with zero attached hydrogens (tertiary/aromatic N) is 1. The summed E-state index contributed by atoms with van der Waals surface area (Å²) in [7, 11) is 1.69. The lowest BCUT2D eigenvalue weighted by molar-refractivity contribution is 0.110. The van der Waals surface area contributed by atoms with Crippen LogP contribution in [0.15, 0.2) is 41.4 Å². The number of hydrogen-bond acceptors (Lipinski definition) is 4. The number of halogens is 2. The molecule has 0 spiro atoms. The van der Waals surface area contributed by atoms with E-state index in [4.69, 9.17) is 9.47 Å². The summed E-state index contributed by atoms with van der Waals surface area (Å²) in [6.45, 7) is 6.36. The Labute approximate surface area is 194 Å². The van der Waals surface area contributed by atoms with E-state index in [0.717, 1.165) is 22.4 Å². The summed E-state index contributed by atoms with van der Waals surface area (Å²) in [6, 6.07) is 10.8. The number of aliphatic imine (C=N–C) groups is 1. The average molecular weight is 531 g/mol. The van der Waals surface area contributed by atoms with Gasteiger partial charge in [0.05, 0.1) is 13.2 Å². The summed E-state index contributed by atoms with van der Waals surface area (Å²) in [5, 5.41) is 15.7. The van der Waals surface area contributed by atoms with Crippen molar-refractivity contribution in [3.8, 4) is 5.75 Å². The van der Waals surface area contributed by atoms with Gasteiger partial charge in [0.1, 0.15) is 18.2 Å². The van der Waals surface area contributed by atoms with Crippen LogP contribution in [0.2, 0.25) is 0 Å². The van der Waals surface area contributed by atoms with Gasteiger partial charge in [-0.2, -0.15) is 0 Å². The van der Waals surface area contributed by atoms with Crippen molar-refractivity contribution in [2.75, 3.05) is 26.9 Å². The molecule has 0 aromatic heterocycles. The van der Waals surface area contributed by atoms with Crippen molar-refractivity contribution in [1.82, 2.24) is 10.6 Å². The Morgan fingerprint density at radius 1 is 1.07 bits per heavy atom. The molecule has 6 nitrogen and oxygen atoms in total. The van der Waals surface area contributed by atoms with Crippen LogP contribution in [0.25, 0.3) is 0 Å². The number of ether oxygens (including phenoxy) is 2. The number of benzene rings is 2. The molecule has 166 valence electrons. The van der Waals surface area contributed by atoms with E-state index < -0.39 is 5.82 Å². The van der Waals surface area contributed by atoms with E-state index in [0.29, 0.717) is 38.9 Å². The Morgan fingerprint density at radius 2 is 1.83 bits per heavy atom. The second-order valence-electron chi connectivity index (χ2n) is 6.52. The number of nitrogens with one attached hydrogen (secondary N) is 2. The molecule has 2 aromatic rings. The van der Waals surface area contributed by atoms with Crippen molar-refractivity contribution in [3.63, 3.8) is 0 Å². The predicted molar refractivity (Wildman–Crippen MR) is 128 cm³/mol. The minimum atomic E-state index is -0.407. The third kappa shape index (κ3) is 8.45. The Morgan fingerprint density at radius 3 is 2.53 bits per heavy atom. The van der Waals surface area contributed by atoms with E-state index in [2.05, 4.69) is 15.6 Å². The van der Waals surface area contributed by atoms with Crippen molar-refractivity contribution >= 4 is 29.9 Å². The van der Waals surface area contributed by atoms with Gasteiger partial charge in [0.2, 0.25) is 0 Å². The van der Waals surface area contributed by atoms with Crippen LogP contribution >= 0.6 is 24.0 Å². The van der Waals surface area contributed by atoms with Gasteiger partial charge in [-0.15, -0.1) is 24.0 Å². The number of guanidine groups is 1. The number of aliphatic hydroxyl groups is 1. The number of aryl methyl sites for hydroxylation is 1. The lowest BCUT2D eigenvalue weighted by atomic mass is 10.1. The van der Waals surface area contributed by atoms with Crippen molar-refractivity contribution in [3.05, 3.63) is 64.5 Å². The van der Waals surface area contributed by atoms with Gasteiger partial charge in [0.25, 0.3) is 0 Å². The van der Waals surface area contributed by atoms with Gasteiger partial charge in [-0.1, -0.05) is 18.2 Å². The predicted octanol–water partition coefficient (Wildman–Crippen LogP) is 3.52. The van der Waals surface area contributed by atoms with Crippen LogP contribution in [0.3, 0.4) is 0 Å². The fourth-order valence-corrected chi connectivity index (χ4v) is 2.74. The van der Waals surface area contributed by atoms with E-state index in [-0.39, 0.29) is 36.1 Å². The van der Waals surface area contributed by atoms with Gasteiger partial charge in [-0.25, -0.2) is 4.39 Å². The quantitative estimate of drug-likeness (QED) is 0.189. The van der Waals surface area contributed by atoms with E-state index in [1.54, 1.807) is 19.2 Å². The first-order chi connectivity index (χ1) is 14.1. The summed E-state index contributed by atoms with van der Waals surface area (Å²) >= 11 is 0. The molecule has 0 heterocycles. The van der Waals surface area contributed by atoms with Crippen LogP contribution in [0.1, 0.15) is 29.2 Å². The normalized spacial score (nSPS) is 11.0. The molecule has 0 aliphatic heterocycles. The molecule has 0 saturated heterocycles. The minimum Gasteiger partial charge on any atom is -0.491 e. The Hall–Kier alpha value is -1.91. The average Bonchev–Trinajstić information content (AvgIpc) is 2.73. The maximum absolute atomic E-state index is 13.5. The second kappa shape index (κ2) is 14.2. The van der Waals surface area contributed by atoms with Crippen LogP contribution < -0.4 is 15.4 Å². The van der Waals surface area contributed by atoms with E-state index in [1.165, 1.54) is 6.07 Å². The van der Waals surface area contributed by atoms with Crippen molar-refractivity contribution < 1.29 is 19.0 Å². The summed E-state index contributed by atoms with van der Waals surface area (Å²) in [5.41, 5.74) is 3.27. The van der Waals surface area contributed by atoms with Crippen LogP contribution in [0.5, 0.6) is 5.75 Å². The third-order valence-corrected chi connectivity index (χ3v) is 4.32. The van der Waals surface area contributed by atoms with Crippen LogP contribution in [-0.4, -0.2) is 37.9 Å². The molecular weight excluding hydrogens is 500 g/mol. The first-order valence-electron chi connectivity index (χ1n) is 9.70. The monoisotopic (exact) mass is 531 g/mol. The molecule has 2 aromatic carbocycles. The van der Waals surface area contributed by atoms with Crippen molar-refractivity contribution in [2.24, 2.45) is 4.99 Å². The molecule has 0 unspecified atom stereocenters. The lowest BCUT2D eigenvalue weighted by Gasteiger charge is -2.16. The van der Waals surface area contributed by atoms with Gasteiger partial charge in [0, 0.05) is 37.9 Å². The number of hydrogen-bond donors (Lipinski definition) is 3. The molecule has 0 aliphatic rings. The van der Waals surface area contributed by atoms with E-state index in [9.17, 15) is 9.50 Å². The van der Waals surface area contributed by atoms with Crippen LogP contribution in [0.4, 0.5) is 4.39 Å². The largest absolute Gasteiger partial charge is 0.491 e. The summed E-state index contributed by atoms with van der Waals surface area (Å²) < 4.78 is 24.7. The fourth-order valence-electron chi connectivity index (χ4n) is 2.74. The Kier molecular flexibility index (Phi) is 12.3. The van der Waals surface area contributed by atoms with Gasteiger partial charge >= 0.3 is 0 Å². The van der Waals surface area contributed by atoms with Crippen molar-refractivity contribution in [2.45, 2.75) is 33.5 Å². The molecule has 0 aliphatic carbocycles. The number of aliphatic hydroxyl groups excluding tert-OH is 1. The molecule has 0 saturated carbocycles. The summed E-state index contributed by atoms with van der Waals surface area (Å²) in [5.74, 6) is 1.02. The molecule has 2 rings (SSSR count). The maximum atomic E-state index is 13.5. The van der Waals surface area contributed by atoms with Gasteiger partial charge in [0.15, 0.2) is 5.96 Å². The topological polar surface area (TPSA) is 75.1 Å². The fraction of sp³-hybridized carbons (Fsp3) is 0.409. The van der Waals surface area contributed by atoms with E-state index in [1.807, 2.05) is 32.0 Å². The first-order valence-corrected chi connectivity index (χ1v) is 9.70. The molecule has 3 N–H and O–H groups in total. The molecule has 30 heavy (non-hydrogen) atoms. The highest BCUT2D eigenvalue weighted by Crippen LogP contribution is 2.20. The molecule has 8 heteroatoms. The zero-order valence-electron chi connectivity index (χ0n) is 17.7.